The van der Waals surface area contributed by atoms with Gasteiger partial charge in [-0.25, -0.2) is 4.98 Å². The highest BCUT2D eigenvalue weighted by atomic mass is 17.0. The predicted octanol–water partition coefficient (Wildman–Crippen LogP) is 4.26. The molecule has 27 heavy (non-hydrogen) atoms. The van der Waals surface area contributed by atoms with Gasteiger partial charge in [0.15, 0.2) is 11.2 Å². The van der Waals surface area contributed by atoms with Crippen LogP contribution in [0.3, 0.4) is 0 Å². The van der Waals surface area contributed by atoms with Crippen LogP contribution in [0.15, 0.2) is 86.7 Å². The summed E-state index contributed by atoms with van der Waals surface area (Å²) in [4.78, 5) is 17.1. The Morgan fingerprint density at radius 3 is 2.22 bits per heavy atom. The summed E-state index contributed by atoms with van der Waals surface area (Å²) in [5.41, 5.74) is 7.46. The van der Waals surface area contributed by atoms with Crippen LogP contribution in [0.2, 0.25) is 0 Å². The highest BCUT2D eigenvalue weighted by molar-refractivity contribution is 5.86. The normalized spacial score (nSPS) is 10.7. The summed E-state index contributed by atoms with van der Waals surface area (Å²) >= 11 is 0. The number of rotatable bonds is 0. The summed E-state index contributed by atoms with van der Waals surface area (Å²) in [6.07, 6.45) is 0. The first-order chi connectivity index (χ1) is 13.1. The van der Waals surface area contributed by atoms with Gasteiger partial charge in [-0.05, 0) is 59.3 Å². The molecule has 0 aliphatic rings. The maximum Gasteiger partial charge on any atom is 0.260 e. The minimum absolute atomic E-state index is 0.101. The summed E-state index contributed by atoms with van der Waals surface area (Å²) in [6, 6.07) is 21.7. The molecule has 2 heterocycles. The number of nitrogen functional groups attached to an aromatic ring is 1. The van der Waals surface area contributed by atoms with Gasteiger partial charge in [0.1, 0.15) is 0 Å². The van der Waals surface area contributed by atoms with Crippen LogP contribution in [0.5, 0.6) is 0 Å². The quantitative estimate of drug-likeness (QED) is 0.474. The molecule has 6 nitrogen and oxygen atoms in total. The van der Waals surface area contributed by atoms with Crippen LogP contribution in [-0.4, -0.2) is 9.55 Å². The van der Waals surface area contributed by atoms with E-state index in [0.717, 1.165) is 10.8 Å². The number of hydrogen-bond acceptors (Lipinski definition) is 5. The van der Waals surface area contributed by atoms with Crippen LogP contribution in [0, 0.1) is 0 Å². The Kier molecular flexibility index (Phi) is 4.22. The molecular weight excluding hydrogens is 342 g/mol. The third kappa shape index (κ3) is 3.46. The summed E-state index contributed by atoms with van der Waals surface area (Å²) in [7, 11) is 1.60. The number of benzene rings is 3. The van der Waals surface area contributed by atoms with Crippen molar-refractivity contribution in [1.29, 1.82) is 0 Å². The van der Waals surface area contributed by atoms with E-state index in [2.05, 4.69) is 4.98 Å². The molecule has 0 saturated heterocycles. The standard InChI is InChI=1S/C21H17N3O3/c1-24-20(25)16-6-2-4-14(12-16)15-5-3-7-19(13-15)27-26-18-10-8-17(9-11-18)23-21(24)22/h2-13H,1H3,(H2,22,23). The Balaban J connectivity index is 2.21. The maximum atomic E-state index is 12.8. The van der Waals surface area contributed by atoms with Crippen molar-refractivity contribution in [2.45, 2.75) is 0 Å². The molecule has 6 bridgehead atoms. The van der Waals surface area contributed by atoms with Crippen molar-refractivity contribution in [3.63, 3.8) is 0 Å². The fourth-order valence-electron chi connectivity index (χ4n) is 2.74. The summed E-state index contributed by atoms with van der Waals surface area (Å²) in [5.74, 6) is 0.101. The predicted molar refractivity (Wildman–Crippen MR) is 106 cm³/mol. The van der Waals surface area contributed by atoms with Crippen molar-refractivity contribution in [3.8, 4) is 0 Å². The van der Waals surface area contributed by atoms with Crippen molar-refractivity contribution in [2.75, 3.05) is 5.73 Å². The Morgan fingerprint density at radius 1 is 0.815 bits per heavy atom. The monoisotopic (exact) mass is 359 g/mol. The molecule has 5 aromatic rings. The minimum atomic E-state index is -0.238. The lowest BCUT2D eigenvalue weighted by Gasteiger charge is -1.99. The number of hydrogen-bond donors (Lipinski definition) is 1. The Bertz CT molecular complexity index is 1310. The van der Waals surface area contributed by atoms with Crippen LogP contribution < -0.4 is 11.3 Å². The van der Waals surface area contributed by atoms with E-state index in [4.69, 9.17) is 14.9 Å². The lowest BCUT2D eigenvalue weighted by Crippen LogP contribution is -2.18. The minimum Gasteiger partial charge on any atom is -0.369 e. The number of aromatic nitrogens is 2. The molecule has 0 fully saturated rings. The number of fused-ring (bicyclic) bond motifs is 6. The van der Waals surface area contributed by atoms with Gasteiger partial charge in [-0.3, -0.25) is 18.5 Å². The van der Waals surface area contributed by atoms with Crippen molar-refractivity contribution in [3.05, 3.63) is 83.2 Å². The van der Waals surface area contributed by atoms with Gasteiger partial charge < -0.3 is 5.73 Å². The van der Waals surface area contributed by atoms with E-state index < -0.39 is 0 Å². The lowest BCUT2D eigenvalue weighted by atomic mass is 10.1. The molecule has 0 unspecified atom stereocenters. The summed E-state index contributed by atoms with van der Waals surface area (Å²) in [6.45, 7) is 0. The highest BCUT2D eigenvalue weighted by Crippen LogP contribution is 2.15. The van der Waals surface area contributed by atoms with Gasteiger partial charge in [-0.2, -0.15) is 0 Å². The third-order valence-electron chi connectivity index (χ3n) is 4.24. The average Bonchev–Trinajstić information content (AvgIpc) is 2.72. The third-order valence-corrected chi connectivity index (χ3v) is 4.24. The fourth-order valence-corrected chi connectivity index (χ4v) is 2.74. The average molecular weight is 359 g/mol. The fraction of sp³-hybridized carbons (Fsp3) is 0.0476. The Hall–Kier alpha value is -3.80. The van der Waals surface area contributed by atoms with E-state index in [1.54, 1.807) is 43.4 Å². The van der Waals surface area contributed by atoms with E-state index in [1.807, 2.05) is 36.4 Å². The molecular formula is C21H17N3O3. The molecule has 0 atom stereocenters. The van der Waals surface area contributed by atoms with Crippen LogP contribution in [0.1, 0.15) is 0 Å². The molecule has 0 spiro atoms. The van der Waals surface area contributed by atoms with Gasteiger partial charge in [-0.15, -0.1) is 0 Å². The Labute approximate surface area is 154 Å². The second-order valence-corrected chi connectivity index (χ2v) is 6.10. The summed E-state index contributed by atoms with van der Waals surface area (Å²) < 4.78 is 12.1. The number of nitrogens with zero attached hydrogens (tertiary/aromatic N) is 2. The maximum absolute atomic E-state index is 12.8. The van der Waals surface area contributed by atoms with Crippen molar-refractivity contribution in [2.24, 2.45) is 7.05 Å². The molecule has 2 N–H and O–H groups in total. The molecule has 0 saturated carbocycles. The second-order valence-electron chi connectivity index (χ2n) is 6.10. The highest BCUT2D eigenvalue weighted by Gasteiger charge is 1.98. The zero-order valence-electron chi connectivity index (χ0n) is 14.6. The van der Waals surface area contributed by atoms with Crippen LogP contribution in [-0.2, 0) is 7.05 Å². The summed E-state index contributed by atoms with van der Waals surface area (Å²) in [5, 5.41) is 2.29. The number of anilines is 1. The van der Waals surface area contributed by atoms with Gasteiger partial charge in [-0.1, -0.05) is 24.3 Å². The SMILES string of the molecule is Cn1c(N)nc2ccc(cc2)ooc2cccc(c2)c2cccc(c2)c1=O. The van der Waals surface area contributed by atoms with Gasteiger partial charge in [0, 0.05) is 12.4 Å². The van der Waals surface area contributed by atoms with Crippen molar-refractivity contribution >= 4 is 38.8 Å². The number of nitrogens with two attached hydrogens (primary N) is 1. The molecule has 0 aliphatic carbocycles. The topological polar surface area (TPSA) is 87.2 Å². The lowest BCUT2D eigenvalue weighted by molar-refractivity contribution is 0.0893. The van der Waals surface area contributed by atoms with Crippen molar-refractivity contribution < 1.29 is 9.15 Å². The molecule has 6 heteroatoms. The zero-order valence-corrected chi connectivity index (χ0v) is 14.6. The largest absolute Gasteiger partial charge is 0.369 e. The van der Waals surface area contributed by atoms with Gasteiger partial charge >= 0.3 is 0 Å². The van der Waals surface area contributed by atoms with Gasteiger partial charge in [0.05, 0.1) is 5.52 Å². The van der Waals surface area contributed by atoms with E-state index >= 15 is 0 Å². The molecule has 134 valence electrons. The van der Waals surface area contributed by atoms with Crippen LogP contribution in [0.25, 0.3) is 32.8 Å². The molecule has 0 aliphatic heterocycles. The zero-order chi connectivity index (χ0) is 18.8. The molecule has 3 aromatic carbocycles. The Morgan fingerprint density at radius 2 is 1.44 bits per heavy atom. The van der Waals surface area contributed by atoms with E-state index in [1.165, 1.54) is 4.57 Å². The molecule has 0 radical (unpaired) electrons. The van der Waals surface area contributed by atoms with Crippen LogP contribution >= 0.6 is 0 Å². The van der Waals surface area contributed by atoms with E-state index in [9.17, 15) is 4.79 Å². The van der Waals surface area contributed by atoms with E-state index in [0.29, 0.717) is 22.1 Å². The molecule has 0 amide bonds. The first-order valence-electron chi connectivity index (χ1n) is 8.37. The van der Waals surface area contributed by atoms with Gasteiger partial charge in [0.2, 0.25) is 5.95 Å². The van der Waals surface area contributed by atoms with Crippen molar-refractivity contribution in [1.82, 2.24) is 9.55 Å². The van der Waals surface area contributed by atoms with Crippen LogP contribution in [0.4, 0.5) is 5.95 Å². The second kappa shape index (κ2) is 6.84. The van der Waals surface area contributed by atoms with Gasteiger partial charge in [0.25, 0.3) is 5.56 Å². The van der Waals surface area contributed by atoms with E-state index in [-0.39, 0.29) is 11.5 Å². The smallest absolute Gasteiger partial charge is 0.260 e. The first kappa shape index (κ1) is 16.7. The molecule has 2 aromatic heterocycles. The first-order valence-corrected chi connectivity index (χ1v) is 8.37. The molecule has 5 rings (SSSR count).